The van der Waals surface area contributed by atoms with E-state index in [0.717, 1.165) is 32.3 Å². The first kappa shape index (κ1) is 31.9. The van der Waals surface area contributed by atoms with Crippen LogP contribution >= 0.6 is 0 Å². The van der Waals surface area contributed by atoms with Crippen LogP contribution in [0.5, 0.6) is 0 Å². The van der Waals surface area contributed by atoms with Gasteiger partial charge in [0.15, 0.2) is 0 Å². The average molecular weight is 640 g/mol. The Morgan fingerprint density at radius 2 is 0.938 bits per heavy atom. The number of urea groups is 2. The molecule has 0 spiro atoms. The standard InChI is InChI=1S/C39H37N5O4/c1-27(2)26-44(38(46)41-35-22-10-16-29-13-4-7-19-32(29)35)43(37(45)40-34-21-9-15-28-12-3-6-18-31(28)34)24-25-48-39(47)42-36-23-11-17-30-14-5-8-20-33(30)36/h3-23,27H,24-26H2,1-2H3,(H,40,45)(H,41,46)(H,42,47). The smallest absolute Gasteiger partial charge is 0.411 e. The number of nitrogens with one attached hydrogen (secondary N) is 3. The predicted molar refractivity (Wildman–Crippen MR) is 193 cm³/mol. The fourth-order valence-corrected chi connectivity index (χ4v) is 5.70. The molecule has 242 valence electrons. The van der Waals surface area contributed by atoms with E-state index in [1.807, 2.05) is 135 Å². The molecule has 0 aliphatic rings. The maximum Gasteiger partial charge on any atom is 0.411 e. The molecular formula is C39H37N5O4. The van der Waals surface area contributed by atoms with Crippen LogP contribution in [0.25, 0.3) is 32.3 Å². The lowest BCUT2D eigenvalue weighted by Crippen LogP contribution is -2.55. The van der Waals surface area contributed by atoms with Crippen LogP contribution < -0.4 is 16.0 Å². The summed E-state index contributed by atoms with van der Waals surface area (Å²) in [6, 6.07) is 39.1. The minimum absolute atomic E-state index is 0.00621. The molecule has 6 aromatic rings. The molecular weight excluding hydrogens is 602 g/mol. The Hall–Kier alpha value is -6.09. The highest BCUT2D eigenvalue weighted by Gasteiger charge is 2.28. The Morgan fingerprint density at radius 3 is 1.40 bits per heavy atom. The molecule has 0 aliphatic carbocycles. The predicted octanol–water partition coefficient (Wildman–Crippen LogP) is 9.33. The molecule has 0 aliphatic heterocycles. The first-order valence-electron chi connectivity index (χ1n) is 15.9. The van der Waals surface area contributed by atoms with E-state index < -0.39 is 18.2 Å². The number of fused-ring (bicyclic) bond motifs is 3. The van der Waals surface area contributed by atoms with Gasteiger partial charge in [-0.2, -0.15) is 0 Å². The van der Waals surface area contributed by atoms with E-state index in [4.69, 9.17) is 4.74 Å². The van der Waals surface area contributed by atoms with Gasteiger partial charge >= 0.3 is 18.2 Å². The molecule has 0 saturated carbocycles. The molecule has 9 nitrogen and oxygen atoms in total. The summed E-state index contributed by atoms with van der Waals surface area (Å²) in [5, 5.41) is 17.0. The van der Waals surface area contributed by atoms with Crippen LogP contribution in [-0.4, -0.2) is 47.9 Å². The fourth-order valence-electron chi connectivity index (χ4n) is 5.70. The van der Waals surface area contributed by atoms with Crippen molar-refractivity contribution in [3.8, 4) is 0 Å². The molecule has 0 saturated heterocycles. The topological polar surface area (TPSA) is 103 Å². The van der Waals surface area contributed by atoms with Crippen LogP contribution in [0.2, 0.25) is 0 Å². The average Bonchev–Trinajstić information content (AvgIpc) is 3.09. The first-order chi connectivity index (χ1) is 23.4. The molecule has 3 N–H and O–H groups in total. The molecule has 0 aromatic heterocycles. The van der Waals surface area contributed by atoms with E-state index in [0.29, 0.717) is 17.1 Å². The third-order valence-corrected chi connectivity index (χ3v) is 7.92. The van der Waals surface area contributed by atoms with Gasteiger partial charge in [0.25, 0.3) is 0 Å². The van der Waals surface area contributed by atoms with Gasteiger partial charge in [0.2, 0.25) is 0 Å². The van der Waals surface area contributed by atoms with E-state index in [2.05, 4.69) is 16.0 Å². The molecule has 5 amide bonds. The van der Waals surface area contributed by atoms with Gasteiger partial charge < -0.3 is 15.4 Å². The van der Waals surface area contributed by atoms with Crippen molar-refractivity contribution in [3.05, 3.63) is 127 Å². The van der Waals surface area contributed by atoms with Crippen molar-refractivity contribution in [1.29, 1.82) is 0 Å². The molecule has 0 heterocycles. The van der Waals surface area contributed by atoms with Crippen molar-refractivity contribution in [2.24, 2.45) is 5.92 Å². The summed E-state index contributed by atoms with van der Waals surface area (Å²) in [7, 11) is 0. The van der Waals surface area contributed by atoms with Gasteiger partial charge in [-0.3, -0.25) is 5.32 Å². The van der Waals surface area contributed by atoms with Crippen molar-refractivity contribution >= 4 is 67.5 Å². The number of ether oxygens (including phenoxy) is 1. The minimum Gasteiger partial charge on any atom is -0.447 e. The fraction of sp³-hybridized carbons (Fsp3) is 0.154. The summed E-state index contributed by atoms with van der Waals surface area (Å²) in [6.45, 7) is 3.90. The second kappa shape index (κ2) is 14.6. The van der Waals surface area contributed by atoms with E-state index in [9.17, 15) is 14.4 Å². The van der Waals surface area contributed by atoms with Crippen LogP contribution in [0.15, 0.2) is 127 Å². The highest BCUT2D eigenvalue weighted by Crippen LogP contribution is 2.26. The zero-order valence-electron chi connectivity index (χ0n) is 26.9. The van der Waals surface area contributed by atoms with Gasteiger partial charge in [-0.1, -0.05) is 123 Å². The van der Waals surface area contributed by atoms with Gasteiger partial charge in [0.05, 0.1) is 23.6 Å². The molecule has 48 heavy (non-hydrogen) atoms. The number of carbonyl (C=O) groups is 3. The summed E-state index contributed by atoms with van der Waals surface area (Å²) in [5.74, 6) is 0.00621. The number of amides is 5. The van der Waals surface area contributed by atoms with Gasteiger partial charge in [0, 0.05) is 22.7 Å². The number of nitrogens with zero attached hydrogens (tertiary/aromatic N) is 2. The van der Waals surface area contributed by atoms with E-state index in [1.54, 1.807) is 6.07 Å². The highest BCUT2D eigenvalue weighted by molar-refractivity contribution is 6.04. The minimum atomic E-state index is -0.670. The second-order valence-corrected chi connectivity index (χ2v) is 11.8. The maximum absolute atomic E-state index is 14.1. The Bertz CT molecular complexity index is 2080. The van der Waals surface area contributed by atoms with Crippen LogP contribution in [0.4, 0.5) is 31.4 Å². The van der Waals surface area contributed by atoms with E-state index >= 15 is 0 Å². The summed E-state index contributed by atoms with van der Waals surface area (Å²) in [6.07, 6.45) is -0.670. The van der Waals surface area contributed by atoms with Crippen LogP contribution in [0, 0.1) is 5.92 Å². The third kappa shape index (κ3) is 7.31. The SMILES string of the molecule is CC(C)CN(C(=O)Nc1cccc2ccccc12)N(CCOC(=O)Nc1cccc2ccccc12)C(=O)Nc1cccc2ccccc12. The lowest BCUT2D eigenvalue weighted by atomic mass is 10.1. The van der Waals surface area contributed by atoms with Gasteiger partial charge in [-0.15, -0.1) is 0 Å². The number of hydrazine groups is 1. The number of rotatable bonds is 8. The summed E-state index contributed by atoms with van der Waals surface area (Å²) in [5.41, 5.74) is 1.82. The number of benzene rings is 6. The lowest BCUT2D eigenvalue weighted by Gasteiger charge is -2.36. The molecule has 6 aromatic carbocycles. The van der Waals surface area contributed by atoms with Crippen LogP contribution in [0.3, 0.4) is 0 Å². The summed E-state index contributed by atoms with van der Waals surface area (Å²) in [4.78, 5) is 41.1. The molecule has 0 fully saturated rings. The number of carbonyl (C=O) groups excluding carboxylic acids is 3. The Morgan fingerprint density at radius 1 is 0.542 bits per heavy atom. The van der Waals surface area contributed by atoms with E-state index in [-0.39, 0.29) is 25.6 Å². The second-order valence-electron chi connectivity index (χ2n) is 11.8. The monoisotopic (exact) mass is 639 g/mol. The summed E-state index contributed by atoms with van der Waals surface area (Å²) >= 11 is 0. The third-order valence-electron chi connectivity index (χ3n) is 7.92. The maximum atomic E-state index is 14.1. The Kier molecular flexibility index (Phi) is 9.67. The normalized spacial score (nSPS) is 11.0. The van der Waals surface area contributed by atoms with Crippen molar-refractivity contribution in [1.82, 2.24) is 10.0 Å². The summed E-state index contributed by atoms with van der Waals surface area (Å²) < 4.78 is 5.58. The molecule has 0 bridgehead atoms. The zero-order chi connectivity index (χ0) is 33.5. The Balaban J connectivity index is 1.25. The molecule has 9 heteroatoms. The van der Waals surface area contributed by atoms with Gasteiger partial charge in [0.1, 0.15) is 6.61 Å². The lowest BCUT2D eigenvalue weighted by molar-refractivity contribution is 0.0352. The van der Waals surface area contributed by atoms with Crippen LogP contribution in [-0.2, 0) is 4.74 Å². The molecule has 0 unspecified atom stereocenters. The van der Waals surface area contributed by atoms with Crippen molar-refractivity contribution in [2.45, 2.75) is 13.8 Å². The number of hydrogen-bond donors (Lipinski definition) is 3. The zero-order valence-corrected chi connectivity index (χ0v) is 26.9. The van der Waals surface area contributed by atoms with E-state index in [1.165, 1.54) is 10.0 Å². The molecule has 6 rings (SSSR count). The first-order valence-corrected chi connectivity index (χ1v) is 15.9. The largest absolute Gasteiger partial charge is 0.447 e. The van der Waals surface area contributed by atoms with Crippen molar-refractivity contribution < 1.29 is 19.1 Å². The quantitative estimate of drug-likeness (QED) is 0.144. The van der Waals surface area contributed by atoms with Crippen LogP contribution in [0.1, 0.15) is 13.8 Å². The van der Waals surface area contributed by atoms with Crippen molar-refractivity contribution in [3.63, 3.8) is 0 Å². The Labute approximate surface area is 279 Å². The van der Waals surface area contributed by atoms with Gasteiger partial charge in [-0.25, -0.2) is 24.4 Å². The molecule has 0 radical (unpaired) electrons. The van der Waals surface area contributed by atoms with Crippen molar-refractivity contribution in [2.75, 3.05) is 35.6 Å². The highest BCUT2D eigenvalue weighted by atomic mass is 16.5. The number of anilines is 3. The van der Waals surface area contributed by atoms with Gasteiger partial charge in [-0.05, 0) is 40.3 Å². The number of hydrogen-bond acceptors (Lipinski definition) is 4. The molecule has 0 atom stereocenters.